The third-order valence-corrected chi connectivity index (χ3v) is 2.75. The zero-order valence-corrected chi connectivity index (χ0v) is 9.31. The first-order valence-electron chi connectivity index (χ1n) is 5.34. The molecule has 0 unspecified atom stereocenters. The quantitative estimate of drug-likeness (QED) is 0.667. The Morgan fingerprint density at radius 2 is 2.07 bits per heavy atom. The van der Waals surface area contributed by atoms with Gasteiger partial charge in [-0.05, 0) is 36.0 Å². The first-order chi connectivity index (χ1) is 6.69. The maximum atomic E-state index is 12.5. The van der Waals surface area contributed by atoms with Gasteiger partial charge in [0.05, 0.1) is 0 Å². The molecule has 1 rings (SSSR count). The van der Waals surface area contributed by atoms with Crippen molar-refractivity contribution in [3.63, 3.8) is 0 Å². The second-order valence-electron chi connectivity index (χ2n) is 4.01. The van der Waals surface area contributed by atoms with Crippen molar-refractivity contribution in [3.8, 4) is 0 Å². The van der Waals surface area contributed by atoms with Crippen LogP contribution < -0.4 is 0 Å². The molecule has 0 amide bonds. The summed E-state index contributed by atoms with van der Waals surface area (Å²) in [6, 6.07) is 5.91. The average molecular weight is 194 g/mol. The Morgan fingerprint density at radius 1 is 1.36 bits per heavy atom. The molecule has 0 aliphatic carbocycles. The Kier molecular flexibility index (Phi) is 4.12. The molecule has 0 heterocycles. The molecule has 1 aromatic rings. The van der Waals surface area contributed by atoms with Crippen LogP contribution in [-0.4, -0.2) is 0 Å². The number of hydrogen-bond acceptors (Lipinski definition) is 0. The Labute approximate surface area is 86.2 Å². The fourth-order valence-corrected chi connectivity index (χ4v) is 1.89. The molecule has 0 nitrogen and oxygen atoms in total. The van der Waals surface area contributed by atoms with Crippen molar-refractivity contribution in [2.45, 2.75) is 46.2 Å². The second-order valence-corrected chi connectivity index (χ2v) is 4.01. The van der Waals surface area contributed by atoms with E-state index >= 15 is 0 Å². The minimum atomic E-state index is -0.355. The summed E-state index contributed by atoms with van der Waals surface area (Å²) in [5, 5.41) is 0. The smallest absolute Gasteiger partial charge is 0.115 e. The zero-order valence-electron chi connectivity index (χ0n) is 9.31. The summed E-state index contributed by atoms with van der Waals surface area (Å²) in [5.41, 5.74) is 3.39. The minimum absolute atomic E-state index is 0.355. The van der Waals surface area contributed by atoms with E-state index in [1.807, 2.05) is 18.2 Å². The molecular formula is C13H19F. The Morgan fingerprint density at radius 3 is 2.64 bits per heavy atom. The zero-order chi connectivity index (χ0) is 10.6. The van der Waals surface area contributed by atoms with Crippen molar-refractivity contribution in [1.82, 2.24) is 0 Å². The lowest BCUT2D eigenvalue weighted by Gasteiger charge is -2.14. The second kappa shape index (κ2) is 5.14. The maximum Gasteiger partial charge on any atom is 0.115 e. The van der Waals surface area contributed by atoms with Gasteiger partial charge in [-0.3, -0.25) is 0 Å². The summed E-state index contributed by atoms with van der Waals surface area (Å²) in [6.07, 6.45) is 2.36. The highest BCUT2D eigenvalue weighted by atomic mass is 19.1. The number of hydrogen-bond donors (Lipinski definition) is 0. The standard InChI is InChI=1S/C13H19F/c1-4-5-10(2)13-8-12(9-14)7-6-11(13)3/h6-8,10H,4-5,9H2,1-3H3/t10-/m1/s1. The lowest BCUT2D eigenvalue weighted by molar-refractivity contribution is 0.484. The van der Waals surface area contributed by atoms with Crippen molar-refractivity contribution < 1.29 is 4.39 Å². The first kappa shape index (κ1) is 11.2. The lowest BCUT2D eigenvalue weighted by Crippen LogP contribution is -1.97. The van der Waals surface area contributed by atoms with Crippen molar-refractivity contribution >= 4 is 0 Å². The van der Waals surface area contributed by atoms with Crippen molar-refractivity contribution in [2.24, 2.45) is 0 Å². The number of rotatable bonds is 4. The van der Waals surface area contributed by atoms with Crippen LogP contribution in [0.2, 0.25) is 0 Å². The van der Waals surface area contributed by atoms with Gasteiger partial charge in [0.25, 0.3) is 0 Å². The van der Waals surface area contributed by atoms with E-state index in [0.717, 1.165) is 5.56 Å². The first-order valence-corrected chi connectivity index (χ1v) is 5.34. The average Bonchev–Trinajstić information content (AvgIpc) is 2.19. The summed E-state index contributed by atoms with van der Waals surface area (Å²) in [4.78, 5) is 0. The SMILES string of the molecule is CCC[C@@H](C)c1cc(CF)ccc1C. The normalized spacial score (nSPS) is 12.9. The lowest BCUT2D eigenvalue weighted by atomic mass is 9.91. The van der Waals surface area contributed by atoms with Gasteiger partial charge in [-0.15, -0.1) is 0 Å². The van der Waals surface area contributed by atoms with Crippen LogP contribution in [-0.2, 0) is 6.67 Å². The van der Waals surface area contributed by atoms with Crippen LogP contribution in [0.25, 0.3) is 0 Å². The van der Waals surface area contributed by atoms with Gasteiger partial charge in [-0.25, -0.2) is 4.39 Å². The summed E-state index contributed by atoms with van der Waals surface area (Å²) in [7, 11) is 0. The summed E-state index contributed by atoms with van der Waals surface area (Å²) in [5.74, 6) is 0.548. The molecule has 1 atom stereocenters. The van der Waals surface area contributed by atoms with Gasteiger partial charge in [-0.2, -0.15) is 0 Å². The fraction of sp³-hybridized carbons (Fsp3) is 0.538. The largest absolute Gasteiger partial charge is 0.246 e. The van der Waals surface area contributed by atoms with Gasteiger partial charge in [0.2, 0.25) is 0 Å². The maximum absolute atomic E-state index is 12.5. The van der Waals surface area contributed by atoms with E-state index in [4.69, 9.17) is 0 Å². The van der Waals surface area contributed by atoms with E-state index in [2.05, 4.69) is 20.8 Å². The molecule has 0 saturated carbocycles. The van der Waals surface area contributed by atoms with Gasteiger partial charge in [0.15, 0.2) is 0 Å². The molecule has 0 aliphatic rings. The van der Waals surface area contributed by atoms with Gasteiger partial charge in [0.1, 0.15) is 6.67 Å². The molecule has 0 saturated heterocycles. The van der Waals surface area contributed by atoms with Gasteiger partial charge in [-0.1, -0.05) is 38.5 Å². The van der Waals surface area contributed by atoms with E-state index < -0.39 is 0 Å². The molecule has 1 heteroatoms. The molecular weight excluding hydrogens is 175 g/mol. The van der Waals surface area contributed by atoms with E-state index in [9.17, 15) is 4.39 Å². The molecule has 14 heavy (non-hydrogen) atoms. The van der Waals surface area contributed by atoms with Crippen LogP contribution >= 0.6 is 0 Å². The molecule has 78 valence electrons. The molecule has 0 N–H and O–H groups in total. The minimum Gasteiger partial charge on any atom is -0.246 e. The number of aryl methyl sites for hydroxylation is 1. The van der Waals surface area contributed by atoms with Crippen LogP contribution in [0.3, 0.4) is 0 Å². The summed E-state index contributed by atoms with van der Waals surface area (Å²) in [6.45, 7) is 6.15. The van der Waals surface area contributed by atoms with Crippen LogP contribution in [0.5, 0.6) is 0 Å². The van der Waals surface area contributed by atoms with Gasteiger partial charge < -0.3 is 0 Å². The molecule has 0 spiro atoms. The van der Waals surface area contributed by atoms with Gasteiger partial charge >= 0.3 is 0 Å². The third-order valence-electron chi connectivity index (χ3n) is 2.75. The predicted octanol–water partition coefficient (Wildman–Crippen LogP) is 4.37. The van der Waals surface area contributed by atoms with Crippen LogP contribution in [0, 0.1) is 6.92 Å². The molecule has 1 aromatic carbocycles. The Hall–Kier alpha value is -0.850. The number of halogens is 1. The van der Waals surface area contributed by atoms with Crippen molar-refractivity contribution in [1.29, 1.82) is 0 Å². The van der Waals surface area contributed by atoms with Crippen LogP contribution in [0.1, 0.15) is 49.3 Å². The van der Waals surface area contributed by atoms with E-state index in [1.54, 1.807) is 0 Å². The van der Waals surface area contributed by atoms with Gasteiger partial charge in [0, 0.05) is 0 Å². The Balaban J connectivity index is 2.93. The molecule has 0 bridgehead atoms. The fourth-order valence-electron chi connectivity index (χ4n) is 1.89. The van der Waals surface area contributed by atoms with E-state index in [-0.39, 0.29) is 6.67 Å². The van der Waals surface area contributed by atoms with E-state index in [1.165, 1.54) is 24.0 Å². The third kappa shape index (κ3) is 2.57. The van der Waals surface area contributed by atoms with Crippen LogP contribution in [0.4, 0.5) is 4.39 Å². The predicted molar refractivity (Wildman–Crippen MR) is 59.3 cm³/mol. The highest BCUT2D eigenvalue weighted by molar-refractivity contribution is 5.33. The van der Waals surface area contributed by atoms with Crippen molar-refractivity contribution in [2.75, 3.05) is 0 Å². The molecule has 0 radical (unpaired) electrons. The molecule has 0 aliphatic heterocycles. The Bertz CT molecular complexity index is 291. The van der Waals surface area contributed by atoms with E-state index in [0.29, 0.717) is 5.92 Å². The number of benzene rings is 1. The monoisotopic (exact) mass is 194 g/mol. The summed E-state index contributed by atoms with van der Waals surface area (Å²) >= 11 is 0. The highest BCUT2D eigenvalue weighted by Crippen LogP contribution is 2.25. The topological polar surface area (TPSA) is 0 Å². The van der Waals surface area contributed by atoms with Crippen LogP contribution in [0.15, 0.2) is 18.2 Å². The summed E-state index contributed by atoms with van der Waals surface area (Å²) < 4.78 is 12.5. The molecule has 0 fully saturated rings. The van der Waals surface area contributed by atoms with Crippen molar-refractivity contribution in [3.05, 3.63) is 34.9 Å². The molecule has 0 aromatic heterocycles. The number of alkyl halides is 1. The highest BCUT2D eigenvalue weighted by Gasteiger charge is 2.08.